The van der Waals surface area contributed by atoms with E-state index in [4.69, 9.17) is 0 Å². The Balaban J connectivity index is 1.47. The molecule has 1 heterocycles. The molecule has 0 saturated heterocycles. The molecule has 1 aliphatic heterocycles. The van der Waals surface area contributed by atoms with Crippen molar-refractivity contribution in [2.75, 3.05) is 6.54 Å². The van der Waals surface area contributed by atoms with Gasteiger partial charge in [0.05, 0.1) is 6.54 Å². The van der Waals surface area contributed by atoms with Crippen LogP contribution in [-0.2, 0) is 0 Å². The second kappa shape index (κ2) is 4.83. The highest BCUT2D eigenvalue weighted by molar-refractivity contribution is 8.14. The molecule has 2 aliphatic carbocycles. The van der Waals surface area contributed by atoms with Crippen molar-refractivity contribution in [1.29, 1.82) is 0 Å². The average Bonchev–Trinajstić information content (AvgIpc) is 2.94. The van der Waals surface area contributed by atoms with Crippen molar-refractivity contribution in [1.82, 2.24) is 5.32 Å². The molecule has 0 aromatic heterocycles. The van der Waals surface area contributed by atoms with Crippen molar-refractivity contribution in [3.63, 3.8) is 0 Å². The molecule has 0 spiro atoms. The molecule has 17 heavy (non-hydrogen) atoms. The van der Waals surface area contributed by atoms with Gasteiger partial charge in [-0.3, -0.25) is 4.99 Å². The lowest BCUT2D eigenvalue weighted by atomic mass is 9.96. The molecule has 2 fully saturated rings. The molecule has 3 rings (SSSR count). The van der Waals surface area contributed by atoms with Gasteiger partial charge in [0.25, 0.3) is 0 Å². The number of nitrogens with one attached hydrogen (secondary N) is 1. The predicted molar refractivity (Wildman–Crippen MR) is 75.5 cm³/mol. The van der Waals surface area contributed by atoms with Gasteiger partial charge >= 0.3 is 0 Å². The second-order valence-electron chi connectivity index (χ2n) is 6.44. The number of thioether (sulfide) groups is 1. The lowest BCUT2D eigenvalue weighted by molar-refractivity contribution is 0.392. The van der Waals surface area contributed by atoms with Crippen LogP contribution in [0.5, 0.6) is 0 Å². The maximum absolute atomic E-state index is 4.69. The van der Waals surface area contributed by atoms with Crippen molar-refractivity contribution < 1.29 is 0 Å². The van der Waals surface area contributed by atoms with Crippen molar-refractivity contribution in [2.45, 2.75) is 57.2 Å². The van der Waals surface area contributed by atoms with E-state index in [9.17, 15) is 0 Å². The number of aliphatic imine (C=N–C) groups is 1. The molecule has 4 atom stereocenters. The van der Waals surface area contributed by atoms with Crippen LogP contribution < -0.4 is 5.32 Å². The summed E-state index contributed by atoms with van der Waals surface area (Å²) in [7, 11) is 0. The zero-order valence-corrected chi connectivity index (χ0v) is 11.8. The summed E-state index contributed by atoms with van der Waals surface area (Å²) in [5.41, 5.74) is 0. The van der Waals surface area contributed by atoms with E-state index in [0.29, 0.717) is 0 Å². The highest BCUT2D eigenvalue weighted by Crippen LogP contribution is 2.44. The SMILES string of the molecule is CC(C)CC1CN=C(NC2CC3CCC2C3)S1. The van der Waals surface area contributed by atoms with Crippen molar-refractivity contribution >= 4 is 16.9 Å². The van der Waals surface area contributed by atoms with Crippen LogP contribution in [0.1, 0.15) is 46.0 Å². The topological polar surface area (TPSA) is 24.4 Å². The van der Waals surface area contributed by atoms with Crippen molar-refractivity contribution in [2.24, 2.45) is 22.7 Å². The zero-order chi connectivity index (χ0) is 11.8. The van der Waals surface area contributed by atoms with Gasteiger partial charge in [0.15, 0.2) is 5.17 Å². The minimum atomic E-state index is 0.732. The summed E-state index contributed by atoms with van der Waals surface area (Å²) < 4.78 is 0. The fourth-order valence-corrected chi connectivity index (χ4v) is 5.04. The van der Waals surface area contributed by atoms with Crippen LogP contribution in [0.3, 0.4) is 0 Å². The van der Waals surface area contributed by atoms with Gasteiger partial charge in [-0.2, -0.15) is 0 Å². The third-order valence-electron chi connectivity index (χ3n) is 4.50. The molecule has 2 saturated carbocycles. The molecule has 96 valence electrons. The van der Waals surface area contributed by atoms with Crippen LogP contribution >= 0.6 is 11.8 Å². The number of nitrogens with zero attached hydrogens (tertiary/aromatic N) is 1. The molecule has 0 radical (unpaired) electrons. The fourth-order valence-electron chi connectivity index (χ4n) is 3.73. The first kappa shape index (κ1) is 11.9. The van der Waals surface area contributed by atoms with Crippen LogP contribution in [0.2, 0.25) is 0 Å². The molecular formula is C14H24N2S. The van der Waals surface area contributed by atoms with Gasteiger partial charge in [-0.25, -0.2) is 0 Å². The predicted octanol–water partition coefficient (Wildman–Crippen LogP) is 3.28. The number of hydrogen-bond donors (Lipinski definition) is 1. The maximum atomic E-state index is 4.69. The highest BCUT2D eigenvalue weighted by atomic mass is 32.2. The third-order valence-corrected chi connectivity index (χ3v) is 5.64. The second-order valence-corrected chi connectivity index (χ2v) is 7.73. The van der Waals surface area contributed by atoms with Crippen molar-refractivity contribution in [3.8, 4) is 0 Å². The minimum absolute atomic E-state index is 0.732. The van der Waals surface area contributed by atoms with Gasteiger partial charge < -0.3 is 5.32 Å². The van der Waals surface area contributed by atoms with E-state index in [1.165, 1.54) is 37.3 Å². The van der Waals surface area contributed by atoms with E-state index in [1.54, 1.807) is 0 Å². The summed E-state index contributed by atoms with van der Waals surface area (Å²) in [6.45, 7) is 5.65. The average molecular weight is 252 g/mol. The molecule has 0 aromatic carbocycles. The van der Waals surface area contributed by atoms with E-state index in [1.807, 2.05) is 11.8 Å². The minimum Gasteiger partial charge on any atom is -0.362 e. The first-order valence-electron chi connectivity index (χ1n) is 7.18. The van der Waals surface area contributed by atoms with E-state index in [0.717, 1.165) is 35.6 Å². The summed E-state index contributed by atoms with van der Waals surface area (Å²) in [4.78, 5) is 4.69. The van der Waals surface area contributed by atoms with Crippen LogP contribution in [0, 0.1) is 17.8 Å². The summed E-state index contributed by atoms with van der Waals surface area (Å²) >= 11 is 1.99. The van der Waals surface area contributed by atoms with E-state index >= 15 is 0 Å². The first-order chi connectivity index (χ1) is 8.20. The summed E-state index contributed by atoms with van der Waals surface area (Å²) in [6, 6.07) is 0.748. The molecule has 3 aliphatic rings. The van der Waals surface area contributed by atoms with Gasteiger partial charge in [0, 0.05) is 11.3 Å². The smallest absolute Gasteiger partial charge is 0.157 e. The van der Waals surface area contributed by atoms with Gasteiger partial charge in [-0.1, -0.05) is 32.0 Å². The number of hydrogen-bond acceptors (Lipinski definition) is 3. The van der Waals surface area contributed by atoms with Crippen LogP contribution in [0.4, 0.5) is 0 Å². The molecule has 1 N–H and O–H groups in total. The van der Waals surface area contributed by atoms with E-state index < -0.39 is 0 Å². The Morgan fingerprint density at radius 3 is 2.88 bits per heavy atom. The Morgan fingerprint density at radius 2 is 2.24 bits per heavy atom. The Labute approximate surface area is 109 Å². The lowest BCUT2D eigenvalue weighted by Gasteiger charge is -2.23. The highest BCUT2D eigenvalue weighted by Gasteiger charge is 2.40. The molecule has 3 heteroatoms. The molecule has 0 amide bonds. The Kier molecular flexibility index (Phi) is 3.38. The number of amidine groups is 1. The Hall–Kier alpha value is -0.180. The van der Waals surface area contributed by atoms with Gasteiger partial charge in [0.1, 0.15) is 0 Å². The van der Waals surface area contributed by atoms with Gasteiger partial charge in [-0.15, -0.1) is 0 Å². The maximum Gasteiger partial charge on any atom is 0.157 e. The van der Waals surface area contributed by atoms with Gasteiger partial charge in [0.2, 0.25) is 0 Å². The molecule has 4 unspecified atom stereocenters. The Morgan fingerprint density at radius 1 is 1.35 bits per heavy atom. The summed E-state index contributed by atoms with van der Waals surface area (Å²) in [6.07, 6.45) is 7.12. The van der Waals surface area contributed by atoms with Crippen LogP contribution in [-0.4, -0.2) is 23.0 Å². The summed E-state index contributed by atoms with van der Waals surface area (Å²) in [5.74, 6) is 2.77. The number of rotatable bonds is 3. The number of fused-ring (bicyclic) bond motifs is 2. The van der Waals surface area contributed by atoms with E-state index in [2.05, 4.69) is 24.2 Å². The van der Waals surface area contributed by atoms with Crippen LogP contribution in [0.25, 0.3) is 0 Å². The molecule has 0 aromatic rings. The molecule has 2 bridgehead atoms. The Bertz CT molecular complexity index is 313. The lowest BCUT2D eigenvalue weighted by Crippen LogP contribution is -2.36. The largest absolute Gasteiger partial charge is 0.362 e. The van der Waals surface area contributed by atoms with Crippen LogP contribution in [0.15, 0.2) is 4.99 Å². The van der Waals surface area contributed by atoms with E-state index in [-0.39, 0.29) is 0 Å². The zero-order valence-electron chi connectivity index (χ0n) is 11.0. The van der Waals surface area contributed by atoms with Crippen molar-refractivity contribution in [3.05, 3.63) is 0 Å². The normalized spacial score (nSPS) is 40.1. The molecular weight excluding hydrogens is 228 g/mol. The summed E-state index contributed by atoms with van der Waals surface area (Å²) in [5, 5.41) is 5.70. The van der Waals surface area contributed by atoms with Gasteiger partial charge in [-0.05, 0) is 43.4 Å². The third kappa shape index (κ3) is 2.64. The standard InChI is InChI=1S/C14H24N2S/c1-9(2)5-12-8-15-14(17-12)16-13-7-10-3-4-11(13)6-10/h9-13H,3-8H2,1-2H3,(H,15,16). The fraction of sp³-hybridized carbons (Fsp3) is 0.929. The first-order valence-corrected chi connectivity index (χ1v) is 8.06. The molecule has 2 nitrogen and oxygen atoms in total. The monoisotopic (exact) mass is 252 g/mol. The quantitative estimate of drug-likeness (QED) is 0.833.